The molecule has 1 aromatic heterocycles. The molecule has 5 N–H and O–H groups in total. The Balaban J connectivity index is 1.56. The molecule has 2 aromatic rings. The summed E-state index contributed by atoms with van der Waals surface area (Å²) in [5.41, 5.74) is 4.73. The highest BCUT2D eigenvalue weighted by Gasteiger charge is 2.25. The smallest absolute Gasteiger partial charge is 0.319 e. The number of nitrogens with one attached hydrogen (secondary N) is 2. The van der Waals surface area contributed by atoms with E-state index in [1.165, 1.54) is 0 Å². The molecule has 4 amide bonds. The zero-order chi connectivity index (χ0) is 24.8. The summed E-state index contributed by atoms with van der Waals surface area (Å²) in [6.45, 7) is 0.638. The number of halogens is 3. The van der Waals surface area contributed by atoms with Crippen LogP contribution in [0, 0.1) is 11.6 Å². The Bertz CT molecular complexity index is 1060. The molecule has 2 heterocycles. The predicted molar refractivity (Wildman–Crippen MR) is 122 cm³/mol. The first-order valence-electron chi connectivity index (χ1n) is 10.2. The van der Waals surface area contributed by atoms with E-state index >= 15 is 0 Å². The number of benzene rings is 1. The summed E-state index contributed by atoms with van der Waals surface area (Å²) in [7, 11) is 0. The second-order valence-corrected chi connectivity index (χ2v) is 9.10. The van der Waals surface area contributed by atoms with Crippen LogP contribution in [0.1, 0.15) is 35.2 Å². The largest absolute Gasteiger partial charge is 0.471 e. The second kappa shape index (κ2) is 11.5. The maximum absolute atomic E-state index is 14.0. The van der Waals surface area contributed by atoms with Crippen LogP contribution in [0.15, 0.2) is 16.6 Å². The van der Waals surface area contributed by atoms with Gasteiger partial charge in [0.25, 0.3) is 11.8 Å². The number of amides is 4. The van der Waals surface area contributed by atoms with E-state index in [0.717, 1.165) is 25.0 Å². The highest BCUT2D eigenvalue weighted by atomic mass is 79.9. The Morgan fingerprint density at radius 2 is 1.91 bits per heavy atom. The number of primary amides is 1. The average Bonchev–Trinajstić information content (AvgIpc) is 3.42. The van der Waals surface area contributed by atoms with Gasteiger partial charge in [-0.15, -0.1) is 0 Å². The summed E-state index contributed by atoms with van der Waals surface area (Å²) in [6.07, 6.45) is 0.568. The number of nitrogens with zero attached hydrogens (tertiary/aromatic N) is 2. The molecule has 1 aromatic carbocycles. The Labute approximate surface area is 205 Å². The third-order valence-corrected chi connectivity index (χ3v) is 6.20. The van der Waals surface area contributed by atoms with Gasteiger partial charge in [0.05, 0.1) is 5.56 Å². The van der Waals surface area contributed by atoms with Gasteiger partial charge in [0.15, 0.2) is 0 Å². The van der Waals surface area contributed by atoms with E-state index in [0.29, 0.717) is 24.6 Å². The lowest BCUT2D eigenvalue weighted by molar-refractivity contribution is -0.139. The van der Waals surface area contributed by atoms with Crippen molar-refractivity contribution in [1.82, 2.24) is 14.6 Å². The monoisotopic (exact) mass is 561 g/mol. The van der Waals surface area contributed by atoms with Crippen molar-refractivity contribution in [3.8, 4) is 5.88 Å². The third kappa shape index (κ3) is 6.39. The highest BCUT2D eigenvalue weighted by Crippen LogP contribution is 2.31. The van der Waals surface area contributed by atoms with Gasteiger partial charge >= 0.3 is 6.03 Å². The third-order valence-electron chi connectivity index (χ3n) is 5.00. The molecule has 0 spiro atoms. The van der Waals surface area contributed by atoms with Crippen LogP contribution in [-0.4, -0.2) is 58.0 Å². The zero-order valence-corrected chi connectivity index (χ0v) is 20.2. The van der Waals surface area contributed by atoms with Crippen LogP contribution in [0.4, 0.5) is 18.6 Å². The Morgan fingerprint density at radius 1 is 1.26 bits per heavy atom. The summed E-state index contributed by atoms with van der Waals surface area (Å²) < 4.78 is 37.4. The number of hydrogen-bond donors (Lipinski definition) is 4. The summed E-state index contributed by atoms with van der Waals surface area (Å²) in [5, 5.41) is 14.8. The minimum absolute atomic E-state index is 0.00675. The maximum Gasteiger partial charge on any atom is 0.319 e. The summed E-state index contributed by atoms with van der Waals surface area (Å²) >= 11 is 3.66. The molecule has 1 fully saturated rings. The van der Waals surface area contributed by atoms with Crippen LogP contribution in [0.25, 0.3) is 0 Å². The topological polar surface area (TPSA) is 147 Å². The van der Waals surface area contributed by atoms with E-state index in [-0.39, 0.29) is 45.4 Å². The van der Waals surface area contributed by atoms with Crippen LogP contribution < -0.4 is 21.1 Å². The predicted octanol–water partition coefficient (Wildman–Crippen LogP) is 2.36. The molecule has 0 bridgehead atoms. The number of rotatable bonds is 9. The normalized spacial score (nSPS) is 14.1. The van der Waals surface area contributed by atoms with Crippen molar-refractivity contribution >= 4 is 50.3 Å². The molecule has 14 heteroatoms. The Hall–Kier alpha value is -2.84. The van der Waals surface area contributed by atoms with Crippen LogP contribution in [-0.2, 0) is 11.4 Å². The van der Waals surface area contributed by atoms with Crippen molar-refractivity contribution < 1.29 is 33.0 Å². The number of nitrogens with two attached hydrogens (primary N) is 1. The van der Waals surface area contributed by atoms with Crippen molar-refractivity contribution in [2.75, 3.05) is 25.0 Å². The van der Waals surface area contributed by atoms with Gasteiger partial charge in [0, 0.05) is 24.1 Å². The summed E-state index contributed by atoms with van der Waals surface area (Å²) in [6, 6.07) is 1.39. The lowest BCUT2D eigenvalue weighted by Gasteiger charge is -2.19. The number of hydrogen-bond acceptors (Lipinski definition) is 7. The number of urea groups is 1. The fourth-order valence-corrected chi connectivity index (χ4v) is 4.41. The number of carbonyl (C=O) groups excluding carboxylic acids is 3. The highest BCUT2D eigenvalue weighted by molar-refractivity contribution is 9.10. The molecule has 1 unspecified atom stereocenters. The van der Waals surface area contributed by atoms with Crippen molar-refractivity contribution in [2.24, 2.45) is 5.73 Å². The minimum atomic E-state index is -1.23. The van der Waals surface area contributed by atoms with Crippen molar-refractivity contribution in [1.29, 1.82) is 0 Å². The first-order chi connectivity index (χ1) is 16.2. The molecular weight excluding hydrogens is 540 g/mol. The number of carbonyl (C=O) groups is 3. The van der Waals surface area contributed by atoms with E-state index in [9.17, 15) is 28.3 Å². The van der Waals surface area contributed by atoms with Crippen molar-refractivity contribution in [3.63, 3.8) is 0 Å². The van der Waals surface area contributed by atoms with Crippen molar-refractivity contribution in [2.45, 2.75) is 32.0 Å². The van der Waals surface area contributed by atoms with Crippen LogP contribution in [0.2, 0.25) is 0 Å². The minimum Gasteiger partial charge on any atom is -0.471 e. The van der Waals surface area contributed by atoms with Crippen molar-refractivity contribution in [3.05, 3.63) is 39.4 Å². The second-order valence-electron chi connectivity index (χ2n) is 7.41. The molecule has 0 radical (unpaired) electrons. The number of likely N-dealkylation sites (tertiary alicyclic amines) is 1. The molecular formula is C20H22BrF2N5O5S. The van der Waals surface area contributed by atoms with Gasteiger partial charge in [0.1, 0.15) is 34.9 Å². The van der Waals surface area contributed by atoms with Gasteiger partial charge in [-0.05, 0) is 42.9 Å². The number of aromatic nitrogens is 1. The van der Waals surface area contributed by atoms with Gasteiger partial charge in [-0.1, -0.05) is 15.9 Å². The number of ether oxygens (including phenoxy) is 1. The van der Waals surface area contributed by atoms with E-state index in [1.807, 2.05) is 0 Å². The number of aliphatic hydroxyl groups excluding tert-OH is 1. The Kier molecular flexibility index (Phi) is 8.74. The maximum atomic E-state index is 14.0. The van der Waals surface area contributed by atoms with Gasteiger partial charge in [-0.3, -0.25) is 14.9 Å². The molecule has 1 atom stereocenters. The molecule has 1 saturated heterocycles. The molecule has 34 heavy (non-hydrogen) atoms. The SMILES string of the molecule is NC(=O)c1c(OCc2c(F)cc(Br)cc2F)nsc1NC(=O)NCCC(O)C(=O)N1CCCC1. The van der Waals surface area contributed by atoms with E-state index in [2.05, 4.69) is 30.9 Å². The summed E-state index contributed by atoms with van der Waals surface area (Å²) in [5.74, 6) is -3.35. The summed E-state index contributed by atoms with van der Waals surface area (Å²) in [4.78, 5) is 37.7. The van der Waals surface area contributed by atoms with Gasteiger partial charge in [-0.25, -0.2) is 13.6 Å². The standard InChI is InChI=1S/C20H22BrF2N5O5S/c21-10-7-12(22)11(13(23)8-10)9-33-17-15(16(24)30)18(34-27-17)26-20(32)25-4-3-14(29)19(31)28-5-1-2-6-28/h7-8,14,29H,1-6,9H2,(H2,24,30)(H2,25,26,32). The molecule has 0 saturated carbocycles. The van der Waals surface area contributed by atoms with Gasteiger partial charge < -0.3 is 25.8 Å². The van der Waals surface area contributed by atoms with E-state index < -0.39 is 36.3 Å². The fraction of sp³-hybridized carbons (Fsp3) is 0.400. The first-order valence-corrected chi connectivity index (χ1v) is 11.8. The van der Waals surface area contributed by atoms with E-state index in [1.54, 1.807) is 4.90 Å². The first kappa shape index (κ1) is 25.8. The lowest BCUT2D eigenvalue weighted by Crippen LogP contribution is -2.39. The molecule has 3 rings (SSSR count). The molecule has 1 aliphatic rings. The molecule has 10 nitrogen and oxygen atoms in total. The van der Waals surface area contributed by atoms with Crippen LogP contribution in [0.5, 0.6) is 5.88 Å². The molecule has 1 aliphatic heterocycles. The molecule has 0 aliphatic carbocycles. The quantitative estimate of drug-likeness (QED) is 0.369. The van der Waals surface area contributed by atoms with Crippen LogP contribution >= 0.6 is 27.5 Å². The Morgan fingerprint density at radius 3 is 2.53 bits per heavy atom. The number of aliphatic hydroxyl groups is 1. The fourth-order valence-electron chi connectivity index (χ4n) is 3.27. The average molecular weight is 562 g/mol. The zero-order valence-electron chi connectivity index (χ0n) is 17.8. The lowest BCUT2D eigenvalue weighted by atomic mass is 10.2. The molecule has 184 valence electrons. The van der Waals surface area contributed by atoms with E-state index in [4.69, 9.17) is 10.5 Å². The number of anilines is 1. The van der Waals surface area contributed by atoms with Crippen LogP contribution in [0.3, 0.4) is 0 Å². The van der Waals surface area contributed by atoms with Gasteiger partial charge in [0.2, 0.25) is 5.88 Å². The van der Waals surface area contributed by atoms with Gasteiger partial charge in [-0.2, -0.15) is 4.37 Å².